The molecule has 86 valence electrons. The van der Waals surface area contributed by atoms with Crippen LogP contribution in [-0.2, 0) is 0 Å². The van der Waals surface area contributed by atoms with Crippen LogP contribution >= 0.6 is 0 Å². The van der Waals surface area contributed by atoms with E-state index < -0.39 is 12.2 Å². The zero-order valence-electron chi connectivity index (χ0n) is 8.93. The van der Waals surface area contributed by atoms with E-state index in [-0.39, 0.29) is 6.04 Å². The van der Waals surface area contributed by atoms with Gasteiger partial charge in [0, 0.05) is 0 Å². The van der Waals surface area contributed by atoms with E-state index in [1.807, 2.05) is 6.07 Å². The molecule has 0 saturated heterocycles. The lowest BCUT2D eigenvalue weighted by atomic mass is 10.2. The molecule has 1 saturated carbocycles. The zero-order chi connectivity index (χ0) is 11.4. The average molecular weight is 221 g/mol. The smallest absolute Gasteiger partial charge is 0.410 e. The van der Waals surface area contributed by atoms with Gasteiger partial charge >= 0.3 is 6.09 Å². The van der Waals surface area contributed by atoms with Crippen molar-refractivity contribution >= 4 is 6.09 Å². The van der Waals surface area contributed by atoms with Crippen LogP contribution in [0.15, 0.2) is 30.3 Å². The molecule has 0 spiro atoms. The highest BCUT2D eigenvalue weighted by molar-refractivity contribution is 5.70. The van der Waals surface area contributed by atoms with Gasteiger partial charge in [0.05, 0.1) is 12.1 Å². The second kappa shape index (κ2) is 4.99. The highest BCUT2D eigenvalue weighted by Gasteiger charge is 2.27. The molecule has 0 aromatic heterocycles. The minimum atomic E-state index is -0.503. The van der Waals surface area contributed by atoms with E-state index in [1.54, 1.807) is 24.3 Å². The lowest BCUT2D eigenvalue weighted by molar-refractivity contribution is 0.140. The minimum absolute atomic E-state index is 0.170. The van der Waals surface area contributed by atoms with Crippen molar-refractivity contribution in [1.82, 2.24) is 5.32 Å². The van der Waals surface area contributed by atoms with Gasteiger partial charge in [-0.15, -0.1) is 0 Å². The van der Waals surface area contributed by atoms with Crippen LogP contribution in [0, 0.1) is 0 Å². The van der Waals surface area contributed by atoms with Crippen molar-refractivity contribution < 1.29 is 14.6 Å². The lowest BCUT2D eigenvalue weighted by Gasteiger charge is -2.15. The molecule has 16 heavy (non-hydrogen) atoms. The van der Waals surface area contributed by atoms with Crippen LogP contribution in [0.4, 0.5) is 4.79 Å². The fourth-order valence-corrected chi connectivity index (χ4v) is 1.89. The molecule has 2 rings (SSSR count). The Bertz CT molecular complexity index is 353. The predicted molar refractivity (Wildman–Crippen MR) is 59.2 cm³/mol. The molecule has 1 aromatic rings. The Morgan fingerprint density at radius 3 is 2.69 bits per heavy atom. The molecule has 0 bridgehead atoms. The summed E-state index contributed by atoms with van der Waals surface area (Å²) in [5.41, 5.74) is 0. The fourth-order valence-electron chi connectivity index (χ4n) is 1.89. The maximum absolute atomic E-state index is 11.5. The first-order valence-corrected chi connectivity index (χ1v) is 5.47. The van der Waals surface area contributed by atoms with Crippen LogP contribution in [0.2, 0.25) is 0 Å². The summed E-state index contributed by atoms with van der Waals surface area (Å²) in [5.74, 6) is 0.507. The second-order valence-electron chi connectivity index (χ2n) is 3.95. The molecule has 0 unspecified atom stereocenters. The summed E-state index contributed by atoms with van der Waals surface area (Å²) in [5, 5.41) is 12.2. The number of nitrogens with one attached hydrogen (secondary N) is 1. The van der Waals surface area contributed by atoms with Crippen molar-refractivity contribution in [2.45, 2.75) is 31.4 Å². The van der Waals surface area contributed by atoms with Crippen LogP contribution in [0.3, 0.4) is 0 Å². The second-order valence-corrected chi connectivity index (χ2v) is 3.95. The number of aliphatic hydroxyl groups is 1. The third-order valence-corrected chi connectivity index (χ3v) is 2.74. The summed E-state index contributed by atoms with van der Waals surface area (Å²) < 4.78 is 5.06. The Balaban J connectivity index is 1.85. The van der Waals surface area contributed by atoms with Crippen LogP contribution < -0.4 is 10.1 Å². The van der Waals surface area contributed by atoms with Gasteiger partial charge in [-0.2, -0.15) is 0 Å². The van der Waals surface area contributed by atoms with Crippen molar-refractivity contribution in [3.05, 3.63) is 30.3 Å². The molecule has 0 radical (unpaired) electrons. The molecule has 4 nitrogen and oxygen atoms in total. The summed E-state index contributed by atoms with van der Waals surface area (Å²) in [6.45, 7) is 0. The number of amides is 1. The largest absolute Gasteiger partial charge is 0.412 e. The van der Waals surface area contributed by atoms with Gasteiger partial charge in [-0.05, 0) is 31.4 Å². The predicted octanol–water partition coefficient (Wildman–Crippen LogP) is 1.69. The molecule has 1 aliphatic carbocycles. The van der Waals surface area contributed by atoms with Crippen LogP contribution in [-0.4, -0.2) is 23.3 Å². The topological polar surface area (TPSA) is 58.6 Å². The van der Waals surface area contributed by atoms with Gasteiger partial charge in [0.2, 0.25) is 0 Å². The number of para-hydroxylation sites is 1. The molecule has 1 fully saturated rings. The summed E-state index contributed by atoms with van der Waals surface area (Å²) in [6.07, 6.45) is 1.55. The number of carbonyl (C=O) groups excluding carboxylic acids is 1. The fraction of sp³-hybridized carbons (Fsp3) is 0.417. The third-order valence-electron chi connectivity index (χ3n) is 2.74. The third kappa shape index (κ3) is 2.73. The van der Waals surface area contributed by atoms with Crippen LogP contribution in [0.25, 0.3) is 0 Å². The van der Waals surface area contributed by atoms with E-state index in [1.165, 1.54) is 0 Å². The number of hydrogen-bond acceptors (Lipinski definition) is 3. The van der Waals surface area contributed by atoms with Crippen molar-refractivity contribution in [2.75, 3.05) is 0 Å². The molecule has 0 aliphatic heterocycles. The van der Waals surface area contributed by atoms with E-state index in [2.05, 4.69) is 5.32 Å². The van der Waals surface area contributed by atoms with Gasteiger partial charge < -0.3 is 15.2 Å². The van der Waals surface area contributed by atoms with Crippen molar-refractivity contribution in [1.29, 1.82) is 0 Å². The van der Waals surface area contributed by atoms with E-state index in [0.717, 1.165) is 19.3 Å². The van der Waals surface area contributed by atoms with E-state index in [4.69, 9.17) is 4.74 Å². The monoisotopic (exact) mass is 221 g/mol. The van der Waals surface area contributed by atoms with Crippen molar-refractivity contribution in [2.24, 2.45) is 0 Å². The number of rotatable bonds is 2. The first kappa shape index (κ1) is 11.0. The van der Waals surface area contributed by atoms with E-state index in [0.29, 0.717) is 5.75 Å². The van der Waals surface area contributed by atoms with E-state index >= 15 is 0 Å². The maximum atomic E-state index is 11.5. The van der Waals surface area contributed by atoms with Crippen LogP contribution in [0.1, 0.15) is 19.3 Å². The summed E-state index contributed by atoms with van der Waals surface area (Å²) >= 11 is 0. The Kier molecular flexibility index (Phi) is 3.41. The first-order valence-electron chi connectivity index (χ1n) is 5.47. The van der Waals surface area contributed by atoms with Gasteiger partial charge in [0.1, 0.15) is 5.75 Å². The molecule has 1 amide bonds. The molecule has 0 heterocycles. The van der Waals surface area contributed by atoms with Gasteiger partial charge in [-0.3, -0.25) is 0 Å². The highest BCUT2D eigenvalue weighted by atomic mass is 16.6. The van der Waals surface area contributed by atoms with Crippen molar-refractivity contribution in [3.63, 3.8) is 0 Å². The molecule has 1 aromatic carbocycles. The van der Waals surface area contributed by atoms with Crippen LogP contribution in [0.5, 0.6) is 5.75 Å². The SMILES string of the molecule is O=C(N[C@H]1CCC[C@@H]1O)Oc1ccccc1. The molecule has 2 N–H and O–H groups in total. The summed E-state index contributed by atoms with van der Waals surface area (Å²) in [7, 11) is 0. The number of hydrogen-bond donors (Lipinski definition) is 2. The first-order chi connectivity index (χ1) is 7.75. The average Bonchev–Trinajstić information content (AvgIpc) is 2.66. The maximum Gasteiger partial charge on any atom is 0.412 e. The van der Waals surface area contributed by atoms with Gasteiger partial charge in [0.15, 0.2) is 0 Å². The number of carbonyl (C=O) groups is 1. The van der Waals surface area contributed by atoms with Crippen molar-refractivity contribution in [3.8, 4) is 5.75 Å². The molecular weight excluding hydrogens is 206 g/mol. The Morgan fingerprint density at radius 1 is 1.31 bits per heavy atom. The Labute approximate surface area is 94.2 Å². The standard InChI is InChI=1S/C12H15NO3/c14-11-8-4-7-10(11)13-12(15)16-9-5-2-1-3-6-9/h1-3,5-6,10-11,14H,4,7-8H2,(H,13,15)/t10-,11-/m0/s1. The number of ether oxygens (including phenoxy) is 1. The van der Waals surface area contributed by atoms with Gasteiger partial charge in [-0.25, -0.2) is 4.79 Å². The summed E-state index contributed by atoms with van der Waals surface area (Å²) in [4.78, 5) is 11.5. The van der Waals surface area contributed by atoms with Gasteiger partial charge in [-0.1, -0.05) is 18.2 Å². The van der Waals surface area contributed by atoms with Gasteiger partial charge in [0.25, 0.3) is 0 Å². The Morgan fingerprint density at radius 2 is 2.06 bits per heavy atom. The van der Waals surface area contributed by atoms with E-state index in [9.17, 15) is 9.90 Å². The highest BCUT2D eigenvalue weighted by Crippen LogP contribution is 2.19. The molecule has 4 heteroatoms. The molecule has 1 aliphatic rings. The number of aliphatic hydroxyl groups excluding tert-OH is 1. The lowest BCUT2D eigenvalue weighted by Crippen LogP contribution is -2.41. The normalized spacial score (nSPS) is 24.1. The minimum Gasteiger partial charge on any atom is -0.410 e. The zero-order valence-corrected chi connectivity index (χ0v) is 8.93. The molecular formula is C12H15NO3. The summed E-state index contributed by atoms with van der Waals surface area (Å²) in [6, 6.07) is 8.71. The Hall–Kier alpha value is -1.55. The molecule has 2 atom stereocenters. The quantitative estimate of drug-likeness (QED) is 0.799. The number of benzene rings is 1.